The predicted octanol–water partition coefficient (Wildman–Crippen LogP) is -2.27. The van der Waals surface area contributed by atoms with Gasteiger partial charge in [0.25, 0.3) is 0 Å². The molecule has 0 aromatic rings. The Balaban J connectivity index is -0.000000667. The minimum Gasteiger partial charge on any atom is -1.00 e. The van der Waals surface area contributed by atoms with E-state index in [1.54, 1.807) is 0 Å². The molecule has 0 aliphatic carbocycles. The Kier molecular flexibility index (Phi) is 20.5. The molecule has 0 aliphatic rings. The first-order chi connectivity index (χ1) is 10.2. The van der Waals surface area contributed by atoms with Gasteiger partial charge in [-0.2, -0.15) is 0 Å². The lowest BCUT2D eigenvalue weighted by atomic mass is 10.3. The molecule has 0 saturated carbocycles. The van der Waals surface area contributed by atoms with Crippen LogP contribution in [0, 0.1) is 0 Å². The molecular weight excluding hydrogens is 298 g/mol. The second kappa shape index (κ2) is 18.1. The zero-order valence-corrected chi connectivity index (χ0v) is 14.4. The monoisotopic (exact) mass is 330 g/mol. The number of hydrogen-bond donors (Lipinski definition) is 0. The quantitative estimate of drug-likeness (QED) is 0.132. The van der Waals surface area contributed by atoms with Crippen molar-refractivity contribution in [3.8, 4) is 0 Å². The van der Waals surface area contributed by atoms with Gasteiger partial charge in [-0.15, -0.1) is 0 Å². The third-order valence-electron chi connectivity index (χ3n) is 2.92. The van der Waals surface area contributed by atoms with E-state index in [9.17, 15) is 0 Å². The van der Waals surface area contributed by atoms with E-state index >= 15 is 0 Å². The minimum absolute atomic E-state index is 0. The van der Waals surface area contributed by atoms with Crippen LogP contribution in [-0.2, 0) is 4.74 Å². The lowest BCUT2D eigenvalue weighted by molar-refractivity contribution is -0.522. The van der Waals surface area contributed by atoms with Crippen LogP contribution in [0.2, 0.25) is 0 Å². The molecule has 5 heteroatoms. The van der Waals surface area contributed by atoms with Gasteiger partial charge in [-0.05, 0) is 6.42 Å². The second-order valence-electron chi connectivity index (χ2n) is 4.80. The van der Waals surface area contributed by atoms with Gasteiger partial charge in [-0.3, -0.25) is 0 Å². The van der Waals surface area contributed by atoms with Crippen LogP contribution >= 0.6 is 0 Å². The van der Waals surface area contributed by atoms with E-state index < -0.39 is 0 Å². The van der Waals surface area contributed by atoms with E-state index in [0.717, 1.165) is 45.2 Å². The fourth-order valence-electron chi connectivity index (χ4n) is 1.98. The smallest absolute Gasteiger partial charge is 1.00 e. The fraction of sp³-hybridized carbons (Fsp3) is 0.500. The Morgan fingerprint density at radius 3 is 1.87 bits per heavy atom. The molecule has 134 valence electrons. The highest BCUT2D eigenvalue weighted by molar-refractivity contribution is 5.69. The van der Waals surface area contributed by atoms with Crippen LogP contribution in [0.3, 0.4) is 0 Å². The molecule has 0 aliphatic heterocycles. The first kappa shape index (κ1) is 26.0. The van der Waals surface area contributed by atoms with Crippen LogP contribution < -0.4 is 9.41 Å². The van der Waals surface area contributed by atoms with Crippen molar-refractivity contribution >= 4 is 6.02 Å². The molecular formula is C18H32F2N2O. The molecule has 0 heterocycles. The van der Waals surface area contributed by atoms with Crippen molar-refractivity contribution < 1.29 is 20.1 Å². The number of unbranched alkanes of at least 4 members (excludes halogenated alkanes) is 2. The average Bonchev–Trinajstić information content (AvgIpc) is 2.47. The highest BCUT2D eigenvalue weighted by atomic mass is 19.0. The summed E-state index contributed by atoms with van der Waals surface area (Å²) < 4.78 is 8.18. The lowest BCUT2D eigenvalue weighted by Gasteiger charge is -2.19. The zero-order chi connectivity index (χ0) is 15.9. The van der Waals surface area contributed by atoms with Gasteiger partial charge in [-0.25, -0.2) is 9.48 Å². The number of nitrogens with zero attached hydrogens (tertiary/aromatic N) is 2. The molecule has 0 aromatic carbocycles. The summed E-state index contributed by atoms with van der Waals surface area (Å²) in [4.78, 5) is 2.12. The van der Waals surface area contributed by atoms with E-state index in [4.69, 9.17) is 4.74 Å². The molecule has 0 aromatic heterocycles. The molecule has 0 rings (SSSR count). The summed E-state index contributed by atoms with van der Waals surface area (Å²) in [5.41, 5.74) is 0. The van der Waals surface area contributed by atoms with Crippen LogP contribution in [0.1, 0.15) is 27.6 Å². The standard InChI is InChI=1S/C18H31N2O.2FH/c1-6-11-12-17-21-18(19(13-7-2)14-8-3)20(15-9-4)16-10-5;;/h7-10H,2-6,11-17H2,1H3;2*1H/q+1;;/p-1. The van der Waals surface area contributed by atoms with Crippen molar-refractivity contribution in [2.75, 3.05) is 32.8 Å². The van der Waals surface area contributed by atoms with Crippen LogP contribution in [0.5, 0.6) is 0 Å². The first-order valence-electron chi connectivity index (χ1n) is 7.68. The molecule has 0 atom stereocenters. The lowest BCUT2D eigenvalue weighted by Crippen LogP contribution is -3.00. The molecule has 0 fully saturated rings. The van der Waals surface area contributed by atoms with Crippen molar-refractivity contribution in [1.82, 2.24) is 4.90 Å². The summed E-state index contributed by atoms with van der Waals surface area (Å²) in [7, 11) is 0. The normalized spacial score (nSPS) is 8.74. The van der Waals surface area contributed by atoms with Crippen molar-refractivity contribution in [2.24, 2.45) is 0 Å². The Labute approximate surface area is 141 Å². The summed E-state index contributed by atoms with van der Waals surface area (Å²) in [6.07, 6.45) is 10.9. The van der Waals surface area contributed by atoms with Gasteiger partial charge in [0.15, 0.2) is 0 Å². The minimum atomic E-state index is 0. The molecule has 0 unspecified atom stereocenters. The number of rotatable bonds is 12. The maximum absolute atomic E-state index is 6.06. The molecule has 0 bridgehead atoms. The van der Waals surface area contributed by atoms with E-state index in [1.807, 2.05) is 24.3 Å². The Bertz CT molecular complexity index is 352. The number of ether oxygens (including phenoxy) is 1. The maximum Gasteiger partial charge on any atom is 1.00 e. The Morgan fingerprint density at radius 2 is 1.48 bits per heavy atom. The van der Waals surface area contributed by atoms with Crippen LogP contribution in [0.25, 0.3) is 0 Å². The van der Waals surface area contributed by atoms with Gasteiger partial charge in [0, 0.05) is 0 Å². The van der Waals surface area contributed by atoms with E-state index in [-0.39, 0.29) is 10.8 Å². The molecule has 3 nitrogen and oxygen atoms in total. The van der Waals surface area contributed by atoms with Crippen LogP contribution in [0.15, 0.2) is 50.6 Å². The van der Waals surface area contributed by atoms with Crippen molar-refractivity contribution in [1.29, 1.82) is 0 Å². The SMILES string of the molecule is C=CCN(CC=C)C(OCCCCC)=[N+](CC=C)CC=C.[F-].[F-].[H+]. The molecule has 0 N–H and O–H groups in total. The summed E-state index contributed by atoms with van der Waals surface area (Å²) in [5.74, 6) is 0. The fourth-order valence-corrected chi connectivity index (χ4v) is 1.98. The third-order valence-corrected chi connectivity index (χ3v) is 2.92. The highest BCUT2D eigenvalue weighted by Gasteiger charge is 2.22. The summed E-state index contributed by atoms with van der Waals surface area (Å²) in [6, 6.07) is 0.853. The van der Waals surface area contributed by atoms with Gasteiger partial charge >= 0.3 is 7.45 Å². The summed E-state index contributed by atoms with van der Waals surface area (Å²) >= 11 is 0. The Morgan fingerprint density at radius 1 is 0.957 bits per heavy atom. The van der Waals surface area contributed by atoms with Gasteiger partial charge in [0.05, 0.1) is 6.61 Å². The summed E-state index contributed by atoms with van der Waals surface area (Å²) in [6.45, 7) is 21.1. The Hall–Kier alpha value is -1.91. The van der Waals surface area contributed by atoms with Gasteiger partial charge in [0.2, 0.25) is 0 Å². The number of hydrogen-bond acceptors (Lipinski definition) is 1. The molecule has 0 saturated heterocycles. The summed E-state index contributed by atoms with van der Waals surface area (Å²) in [5, 5.41) is 0. The van der Waals surface area contributed by atoms with Gasteiger partial charge < -0.3 is 14.1 Å². The van der Waals surface area contributed by atoms with E-state index in [1.165, 1.54) is 12.8 Å². The van der Waals surface area contributed by atoms with Crippen LogP contribution in [0.4, 0.5) is 0 Å². The largest absolute Gasteiger partial charge is 1.00 e. The topological polar surface area (TPSA) is 15.5 Å². The molecule has 23 heavy (non-hydrogen) atoms. The average molecular weight is 330 g/mol. The zero-order valence-electron chi connectivity index (χ0n) is 15.4. The van der Waals surface area contributed by atoms with E-state index in [2.05, 4.69) is 42.7 Å². The highest BCUT2D eigenvalue weighted by Crippen LogP contribution is 2.01. The van der Waals surface area contributed by atoms with E-state index in [0.29, 0.717) is 0 Å². The van der Waals surface area contributed by atoms with Gasteiger partial charge in [-0.1, -0.05) is 70.4 Å². The third kappa shape index (κ3) is 11.3. The molecule has 0 radical (unpaired) electrons. The van der Waals surface area contributed by atoms with Crippen molar-refractivity contribution in [3.05, 3.63) is 50.6 Å². The van der Waals surface area contributed by atoms with Crippen molar-refractivity contribution in [3.63, 3.8) is 0 Å². The van der Waals surface area contributed by atoms with Crippen molar-refractivity contribution in [2.45, 2.75) is 26.2 Å². The number of halogens is 2. The molecule has 0 amide bonds. The van der Waals surface area contributed by atoms with Gasteiger partial charge in [0.1, 0.15) is 26.2 Å². The predicted molar refractivity (Wildman–Crippen MR) is 94.0 cm³/mol. The first-order valence-corrected chi connectivity index (χ1v) is 7.68. The number of amidine groups is 1. The van der Waals surface area contributed by atoms with Crippen LogP contribution in [-0.4, -0.2) is 48.3 Å². The molecule has 0 spiro atoms. The maximum atomic E-state index is 6.06. The second-order valence-corrected chi connectivity index (χ2v) is 4.80.